The maximum absolute atomic E-state index is 12.7. The normalized spacial score (nSPS) is 15.4. The SMILES string of the molecule is Cc1ccc(C(=O)c2ccc(CC(=O)N3CCN(C)CC3)n2C)cc1. The van der Waals surface area contributed by atoms with Crippen LogP contribution in [0.3, 0.4) is 0 Å². The van der Waals surface area contributed by atoms with Crippen molar-refractivity contribution in [2.45, 2.75) is 13.3 Å². The van der Waals surface area contributed by atoms with Crippen LogP contribution in [0.1, 0.15) is 27.3 Å². The third-order valence-electron chi connectivity index (χ3n) is 4.96. The van der Waals surface area contributed by atoms with Gasteiger partial charge >= 0.3 is 0 Å². The van der Waals surface area contributed by atoms with Crippen molar-refractivity contribution in [2.24, 2.45) is 7.05 Å². The molecule has 0 spiro atoms. The monoisotopic (exact) mass is 339 g/mol. The minimum atomic E-state index is -0.0132. The lowest BCUT2D eigenvalue weighted by Crippen LogP contribution is -2.47. The number of carbonyl (C=O) groups excluding carboxylic acids is 2. The molecule has 1 aliphatic heterocycles. The van der Waals surface area contributed by atoms with Crippen LogP contribution < -0.4 is 0 Å². The summed E-state index contributed by atoms with van der Waals surface area (Å²) in [6.45, 7) is 5.37. The molecule has 1 aromatic carbocycles. The molecule has 0 unspecified atom stereocenters. The summed E-state index contributed by atoms with van der Waals surface area (Å²) in [5.74, 6) is 0.115. The van der Waals surface area contributed by atoms with Crippen molar-refractivity contribution in [1.29, 1.82) is 0 Å². The lowest BCUT2D eigenvalue weighted by atomic mass is 10.1. The van der Waals surface area contributed by atoms with Gasteiger partial charge in [-0.05, 0) is 26.1 Å². The maximum Gasteiger partial charge on any atom is 0.228 e. The molecule has 25 heavy (non-hydrogen) atoms. The van der Waals surface area contributed by atoms with Gasteiger partial charge in [0.05, 0.1) is 12.1 Å². The lowest BCUT2D eigenvalue weighted by molar-refractivity contribution is -0.132. The zero-order valence-electron chi connectivity index (χ0n) is 15.2. The molecule has 3 rings (SSSR count). The van der Waals surface area contributed by atoms with E-state index in [0.717, 1.165) is 37.4 Å². The Morgan fingerprint density at radius 3 is 2.20 bits per heavy atom. The van der Waals surface area contributed by atoms with Gasteiger partial charge in [-0.2, -0.15) is 0 Å². The van der Waals surface area contributed by atoms with Gasteiger partial charge < -0.3 is 14.4 Å². The molecule has 1 saturated heterocycles. The van der Waals surface area contributed by atoms with Crippen LogP contribution in [0.2, 0.25) is 0 Å². The first kappa shape index (κ1) is 17.4. The van der Waals surface area contributed by atoms with Gasteiger partial charge in [-0.3, -0.25) is 9.59 Å². The van der Waals surface area contributed by atoms with Crippen LogP contribution in [0, 0.1) is 6.92 Å². The molecule has 1 aromatic heterocycles. The molecular weight excluding hydrogens is 314 g/mol. The van der Waals surface area contributed by atoms with Crippen LogP contribution in [0.4, 0.5) is 0 Å². The first-order chi connectivity index (χ1) is 12.0. The van der Waals surface area contributed by atoms with Gasteiger partial charge in [-0.1, -0.05) is 29.8 Å². The summed E-state index contributed by atoms with van der Waals surface area (Å²) in [6, 6.07) is 11.3. The fraction of sp³-hybridized carbons (Fsp3) is 0.400. The van der Waals surface area contributed by atoms with Crippen molar-refractivity contribution < 1.29 is 9.59 Å². The van der Waals surface area contributed by atoms with E-state index in [4.69, 9.17) is 0 Å². The summed E-state index contributed by atoms with van der Waals surface area (Å²) in [6.07, 6.45) is 0.335. The average Bonchev–Trinajstić information content (AvgIpc) is 2.96. The van der Waals surface area contributed by atoms with Crippen molar-refractivity contribution in [1.82, 2.24) is 14.4 Å². The first-order valence-electron chi connectivity index (χ1n) is 8.68. The van der Waals surface area contributed by atoms with E-state index >= 15 is 0 Å². The molecule has 1 fully saturated rings. The Labute approximate surface area is 148 Å². The highest BCUT2D eigenvalue weighted by atomic mass is 16.2. The molecule has 0 N–H and O–H groups in total. The first-order valence-corrected chi connectivity index (χ1v) is 8.68. The van der Waals surface area contributed by atoms with E-state index < -0.39 is 0 Å². The van der Waals surface area contributed by atoms with E-state index in [1.54, 1.807) is 0 Å². The van der Waals surface area contributed by atoms with E-state index in [2.05, 4.69) is 11.9 Å². The minimum absolute atomic E-state index is 0.0132. The number of benzene rings is 1. The summed E-state index contributed by atoms with van der Waals surface area (Å²) in [7, 11) is 3.93. The number of aryl methyl sites for hydroxylation is 1. The Kier molecular flexibility index (Phi) is 5.04. The molecule has 0 atom stereocenters. The molecule has 0 bridgehead atoms. The van der Waals surface area contributed by atoms with Crippen molar-refractivity contribution in [2.75, 3.05) is 33.2 Å². The van der Waals surface area contributed by atoms with Gasteiger partial charge in [0.25, 0.3) is 0 Å². The molecule has 5 nitrogen and oxygen atoms in total. The highest BCUT2D eigenvalue weighted by Gasteiger charge is 2.21. The van der Waals surface area contributed by atoms with Gasteiger partial charge in [0.1, 0.15) is 0 Å². The van der Waals surface area contributed by atoms with Crippen LogP contribution in [-0.2, 0) is 18.3 Å². The van der Waals surface area contributed by atoms with Crippen LogP contribution in [0.25, 0.3) is 0 Å². The van der Waals surface area contributed by atoms with Crippen molar-refractivity contribution in [3.05, 3.63) is 58.9 Å². The molecule has 2 heterocycles. The number of piperazine rings is 1. The quantitative estimate of drug-likeness (QED) is 0.799. The highest BCUT2D eigenvalue weighted by molar-refractivity contribution is 6.08. The second-order valence-corrected chi connectivity index (χ2v) is 6.82. The number of rotatable bonds is 4. The molecule has 5 heteroatoms. The largest absolute Gasteiger partial charge is 0.344 e. The van der Waals surface area contributed by atoms with E-state index in [1.807, 2.05) is 59.8 Å². The predicted octanol–water partition coefficient (Wildman–Crippen LogP) is 1.88. The zero-order chi connectivity index (χ0) is 18.0. The summed E-state index contributed by atoms with van der Waals surface area (Å²) in [4.78, 5) is 29.4. The minimum Gasteiger partial charge on any atom is -0.344 e. The molecular formula is C20H25N3O2. The third kappa shape index (κ3) is 3.82. The van der Waals surface area contributed by atoms with Crippen molar-refractivity contribution in [3.63, 3.8) is 0 Å². The Balaban J connectivity index is 1.71. The van der Waals surface area contributed by atoms with E-state index in [9.17, 15) is 9.59 Å². The van der Waals surface area contributed by atoms with Crippen molar-refractivity contribution >= 4 is 11.7 Å². The Bertz CT molecular complexity index is 769. The topological polar surface area (TPSA) is 45.6 Å². The number of hydrogen-bond donors (Lipinski definition) is 0. The van der Waals surface area contributed by atoms with Crippen LogP contribution in [0.5, 0.6) is 0 Å². The number of hydrogen-bond acceptors (Lipinski definition) is 3. The molecule has 0 aliphatic carbocycles. The molecule has 1 amide bonds. The van der Waals surface area contributed by atoms with Gasteiger partial charge in [0.2, 0.25) is 11.7 Å². The van der Waals surface area contributed by atoms with E-state index in [1.165, 1.54) is 0 Å². The van der Waals surface area contributed by atoms with Crippen LogP contribution >= 0.6 is 0 Å². The molecule has 0 saturated carbocycles. The molecule has 2 aromatic rings. The van der Waals surface area contributed by atoms with Gasteiger partial charge in [0.15, 0.2) is 0 Å². The van der Waals surface area contributed by atoms with E-state index in [-0.39, 0.29) is 11.7 Å². The molecule has 1 aliphatic rings. The fourth-order valence-electron chi connectivity index (χ4n) is 3.13. The van der Waals surface area contributed by atoms with Crippen LogP contribution in [0.15, 0.2) is 36.4 Å². The number of aromatic nitrogens is 1. The number of ketones is 1. The Morgan fingerprint density at radius 1 is 0.920 bits per heavy atom. The number of nitrogens with zero attached hydrogens (tertiary/aromatic N) is 3. The highest BCUT2D eigenvalue weighted by Crippen LogP contribution is 2.15. The van der Waals surface area contributed by atoms with E-state index in [0.29, 0.717) is 17.7 Å². The number of carbonyl (C=O) groups is 2. The fourth-order valence-corrected chi connectivity index (χ4v) is 3.13. The second-order valence-electron chi connectivity index (χ2n) is 6.82. The van der Waals surface area contributed by atoms with Gasteiger partial charge in [-0.25, -0.2) is 0 Å². The summed E-state index contributed by atoms with van der Waals surface area (Å²) < 4.78 is 1.84. The average molecular weight is 339 g/mol. The maximum atomic E-state index is 12.7. The van der Waals surface area contributed by atoms with Crippen molar-refractivity contribution in [3.8, 4) is 0 Å². The smallest absolute Gasteiger partial charge is 0.228 e. The molecule has 0 radical (unpaired) electrons. The van der Waals surface area contributed by atoms with Gasteiger partial charge in [0, 0.05) is 44.5 Å². The third-order valence-corrected chi connectivity index (χ3v) is 4.96. The number of amides is 1. The second kappa shape index (κ2) is 7.23. The predicted molar refractivity (Wildman–Crippen MR) is 97.8 cm³/mol. The van der Waals surface area contributed by atoms with Crippen LogP contribution in [-0.4, -0.2) is 59.3 Å². The lowest BCUT2D eigenvalue weighted by Gasteiger charge is -2.32. The summed E-state index contributed by atoms with van der Waals surface area (Å²) in [5.41, 5.74) is 3.29. The summed E-state index contributed by atoms with van der Waals surface area (Å²) in [5, 5.41) is 0. The number of likely N-dealkylation sites (N-methyl/N-ethyl adjacent to an activating group) is 1. The zero-order valence-corrected chi connectivity index (χ0v) is 15.2. The Morgan fingerprint density at radius 2 is 1.56 bits per heavy atom. The van der Waals surface area contributed by atoms with Gasteiger partial charge in [-0.15, -0.1) is 0 Å². The summed E-state index contributed by atoms with van der Waals surface area (Å²) >= 11 is 0. The standard InChI is InChI=1S/C20H25N3O2/c1-15-4-6-16(7-5-15)20(25)18-9-8-17(22(18)3)14-19(24)23-12-10-21(2)11-13-23/h4-9H,10-14H2,1-3H3. The molecule has 132 valence electrons. The Hall–Kier alpha value is -2.40.